The Balaban J connectivity index is 2.29. The van der Waals surface area contributed by atoms with E-state index in [1.165, 1.54) is 24.3 Å². The molecule has 5 nitrogen and oxygen atoms in total. The van der Waals surface area contributed by atoms with E-state index in [1.807, 2.05) is 0 Å². The lowest BCUT2D eigenvalue weighted by atomic mass is 10.1. The summed E-state index contributed by atoms with van der Waals surface area (Å²) >= 11 is 5.68. The van der Waals surface area contributed by atoms with Gasteiger partial charge in [-0.3, -0.25) is 14.9 Å². The lowest BCUT2D eigenvalue weighted by Crippen LogP contribution is -2.35. The molecule has 0 radical (unpaired) electrons. The van der Waals surface area contributed by atoms with Crippen molar-refractivity contribution >= 4 is 17.4 Å². The third kappa shape index (κ3) is 4.02. The van der Waals surface area contributed by atoms with Crippen molar-refractivity contribution in [2.24, 2.45) is 0 Å². The molecule has 126 valence electrons. The van der Waals surface area contributed by atoms with Crippen LogP contribution < -0.4 is 4.74 Å². The van der Waals surface area contributed by atoms with Crippen molar-refractivity contribution in [3.63, 3.8) is 0 Å². The van der Waals surface area contributed by atoms with E-state index in [9.17, 15) is 28.1 Å². The lowest BCUT2D eigenvalue weighted by Gasteiger charge is -2.13. The number of nitro groups is 1. The second-order valence-corrected chi connectivity index (χ2v) is 5.04. The summed E-state index contributed by atoms with van der Waals surface area (Å²) in [6.45, 7) is 0. The molecule has 0 fully saturated rings. The minimum atomic E-state index is -4.62. The highest BCUT2D eigenvalue weighted by Crippen LogP contribution is 2.35. The summed E-state index contributed by atoms with van der Waals surface area (Å²) in [5.74, 6) is -1.34. The summed E-state index contributed by atoms with van der Waals surface area (Å²) in [6.07, 6.45) is -6.74. The molecule has 2 aromatic rings. The Morgan fingerprint density at radius 1 is 1.17 bits per heavy atom. The molecule has 1 unspecified atom stereocenters. The minimum absolute atomic E-state index is 0.0298. The molecule has 0 aromatic heterocycles. The molecule has 9 heteroatoms. The monoisotopic (exact) mass is 359 g/mol. The molecule has 0 N–H and O–H groups in total. The van der Waals surface area contributed by atoms with Gasteiger partial charge < -0.3 is 4.74 Å². The standard InChI is InChI=1S/C15H9ClF3NO4/c16-11-8-10(15(17,18)19)6-7-12(11)24-14(20(22)23)13(21)9-4-2-1-3-5-9/h1-8,14H. The van der Waals surface area contributed by atoms with Gasteiger partial charge in [0.15, 0.2) is 0 Å². The third-order valence-electron chi connectivity index (χ3n) is 2.97. The van der Waals surface area contributed by atoms with Gasteiger partial charge in [0.2, 0.25) is 0 Å². The number of alkyl halides is 3. The molecule has 0 amide bonds. The highest BCUT2D eigenvalue weighted by atomic mass is 35.5. The Morgan fingerprint density at radius 3 is 2.29 bits per heavy atom. The first-order chi connectivity index (χ1) is 11.2. The van der Waals surface area contributed by atoms with Gasteiger partial charge in [0, 0.05) is 5.56 Å². The Labute approximate surface area is 138 Å². The molecule has 2 aromatic carbocycles. The van der Waals surface area contributed by atoms with Crippen molar-refractivity contribution < 1.29 is 27.6 Å². The molecule has 0 bridgehead atoms. The van der Waals surface area contributed by atoms with Crippen LogP contribution in [0.25, 0.3) is 0 Å². The lowest BCUT2D eigenvalue weighted by molar-refractivity contribution is -0.543. The van der Waals surface area contributed by atoms with E-state index in [0.717, 1.165) is 6.07 Å². The number of hydrogen-bond acceptors (Lipinski definition) is 4. The van der Waals surface area contributed by atoms with Crippen molar-refractivity contribution in [1.29, 1.82) is 0 Å². The smallest absolute Gasteiger partial charge is 0.418 e. The first kappa shape index (κ1) is 17.7. The second kappa shape index (κ2) is 6.88. The number of benzene rings is 2. The van der Waals surface area contributed by atoms with Gasteiger partial charge in [-0.1, -0.05) is 41.9 Å². The predicted octanol–water partition coefficient (Wildman–Crippen LogP) is 4.22. The number of ether oxygens (including phenoxy) is 1. The SMILES string of the molecule is O=C(c1ccccc1)C(Oc1ccc(C(F)(F)F)cc1Cl)[N+](=O)[O-]. The molecule has 0 spiro atoms. The van der Waals surface area contributed by atoms with Gasteiger partial charge in [0.05, 0.1) is 15.5 Å². The molecule has 0 aliphatic rings. The van der Waals surface area contributed by atoms with E-state index in [0.29, 0.717) is 12.1 Å². The van der Waals surface area contributed by atoms with E-state index in [2.05, 4.69) is 0 Å². The minimum Gasteiger partial charge on any atom is -0.422 e. The second-order valence-electron chi connectivity index (χ2n) is 4.63. The van der Waals surface area contributed by atoms with Crippen LogP contribution in [0, 0.1) is 10.1 Å². The fourth-order valence-corrected chi connectivity index (χ4v) is 2.06. The van der Waals surface area contributed by atoms with Gasteiger partial charge in [-0.25, -0.2) is 0 Å². The fourth-order valence-electron chi connectivity index (χ4n) is 1.83. The number of halogens is 4. The topological polar surface area (TPSA) is 69.4 Å². The number of Topliss-reactive ketones (excluding diaryl/α,β-unsaturated/α-hetero) is 1. The third-order valence-corrected chi connectivity index (χ3v) is 3.27. The molecule has 0 heterocycles. The predicted molar refractivity (Wildman–Crippen MR) is 78.6 cm³/mol. The Morgan fingerprint density at radius 2 is 1.79 bits per heavy atom. The molecule has 0 saturated carbocycles. The van der Waals surface area contributed by atoms with Crippen LogP contribution in [-0.2, 0) is 6.18 Å². The van der Waals surface area contributed by atoms with Crippen LogP contribution in [0.5, 0.6) is 5.75 Å². The molecule has 1 atom stereocenters. The number of carbonyl (C=O) groups is 1. The van der Waals surface area contributed by atoms with E-state index in [1.54, 1.807) is 6.07 Å². The molecule has 2 rings (SSSR count). The first-order valence-corrected chi connectivity index (χ1v) is 6.84. The largest absolute Gasteiger partial charge is 0.422 e. The van der Waals surface area contributed by atoms with Crippen molar-refractivity contribution in [1.82, 2.24) is 0 Å². The van der Waals surface area contributed by atoms with Crippen molar-refractivity contribution in [2.45, 2.75) is 12.4 Å². The van der Waals surface area contributed by atoms with Gasteiger partial charge in [-0.2, -0.15) is 13.2 Å². The normalized spacial score (nSPS) is 12.5. The number of hydrogen-bond donors (Lipinski definition) is 0. The maximum Gasteiger partial charge on any atom is 0.418 e. The zero-order valence-corrected chi connectivity index (χ0v) is 12.5. The zero-order chi connectivity index (χ0) is 17.9. The summed E-state index contributed by atoms with van der Waals surface area (Å²) < 4.78 is 42.7. The molecule has 0 aliphatic carbocycles. The van der Waals surface area contributed by atoms with Gasteiger partial charge in [0.1, 0.15) is 5.75 Å². The van der Waals surface area contributed by atoms with Crippen LogP contribution in [0.15, 0.2) is 48.5 Å². The average Bonchev–Trinajstić information content (AvgIpc) is 2.52. The van der Waals surface area contributed by atoms with E-state index in [-0.39, 0.29) is 5.56 Å². The van der Waals surface area contributed by atoms with Crippen LogP contribution in [0.1, 0.15) is 15.9 Å². The van der Waals surface area contributed by atoms with Crippen LogP contribution in [0.4, 0.5) is 13.2 Å². The van der Waals surface area contributed by atoms with Gasteiger partial charge in [-0.05, 0) is 18.2 Å². The Kier molecular flexibility index (Phi) is 5.08. The maximum absolute atomic E-state index is 12.6. The van der Waals surface area contributed by atoms with Crippen molar-refractivity contribution in [3.8, 4) is 5.75 Å². The van der Waals surface area contributed by atoms with Crippen molar-refractivity contribution in [3.05, 3.63) is 74.8 Å². The van der Waals surface area contributed by atoms with Gasteiger partial charge >= 0.3 is 12.4 Å². The van der Waals surface area contributed by atoms with Crippen molar-refractivity contribution in [2.75, 3.05) is 0 Å². The highest BCUT2D eigenvalue weighted by Gasteiger charge is 2.35. The van der Waals surface area contributed by atoms with Crippen LogP contribution in [-0.4, -0.2) is 16.9 Å². The first-order valence-electron chi connectivity index (χ1n) is 6.46. The summed E-state index contributed by atoms with van der Waals surface area (Å²) in [6, 6.07) is 9.41. The number of nitrogens with zero attached hydrogens (tertiary/aromatic N) is 1. The Bertz CT molecular complexity index is 765. The number of rotatable bonds is 5. The number of ketones is 1. The van der Waals surface area contributed by atoms with Gasteiger partial charge in [0.25, 0.3) is 5.78 Å². The summed E-state index contributed by atoms with van der Waals surface area (Å²) in [5, 5.41) is 10.6. The van der Waals surface area contributed by atoms with Crippen LogP contribution >= 0.6 is 11.6 Å². The van der Waals surface area contributed by atoms with Crippen LogP contribution in [0.2, 0.25) is 5.02 Å². The molecule has 0 aliphatic heterocycles. The fraction of sp³-hybridized carbons (Fsp3) is 0.133. The average molecular weight is 360 g/mol. The summed E-state index contributed by atoms with van der Waals surface area (Å²) in [5.41, 5.74) is -1.01. The van der Waals surface area contributed by atoms with E-state index in [4.69, 9.17) is 16.3 Å². The van der Waals surface area contributed by atoms with E-state index < -0.39 is 39.4 Å². The maximum atomic E-state index is 12.6. The molecule has 0 saturated heterocycles. The molecular formula is C15H9ClF3NO4. The molecular weight excluding hydrogens is 351 g/mol. The quantitative estimate of drug-likeness (QED) is 0.347. The highest BCUT2D eigenvalue weighted by molar-refractivity contribution is 6.32. The van der Waals surface area contributed by atoms with E-state index >= 15 is 0 Å². The number of carbonyl (C=O) groups excluding carboxylic acids is 1. The van der Waals surface area contributed by atoms with Crippen LogP contribution in [0.3, 0.4) is 0 Å². The molecule has 24 heavy (non-hydrogen) atoms. The van der Waals surface area contributed by atoms with Gasteiger partial charge in [-0.15, -0.1) is 0 Å². The summed E-state index contributed by atoms with van der Waals surface area (Å²) in [4.78, 5) is 22.2. The Hall–Kier alpha value is -2.61. The zero-order valence-electron chi connectivity index (χ0n) is 11.8. The summed E-state index contributed by atoms with van der Waals surface area (Å²) in [7, 11) is 0.